The lowest BCUT2D eigenvalue weighted by molar-refractivity contribution is 0.590. The molecule has 1 aliphatic carbocycles. The van der Waals surface area contributed by atoms with Crippen LogP contribution >= 0.6 is 0 Å². The fourth-order valence-corrected chi connectivity index (χ4v) is 13.7. The van der Waals surface area contributed by atoms with Crippen LogP contribution in [0.4, 0.5) is 51.2 Å². The number of fused-ring (bicyclic) bond motifs is 7. The van der Waals surface area contributed by atoms with Crippen LogP contribution in [0.1, 0.15) is 168 Å². The average Bonchev–Trinajstić information content (AvgIpc) is 2.27. The molecule has 0 fully saturated rings. The van der Waals surface area contributed by atoms with Crippen molar-refractivity contribution in [2.45, 2.75) is 164 Å². The molecule has 0 bridgehead atoms. The molecule has 2 heterocycles. The Morgan fingerprint density at radius 2 is 0.807 bits per heavy atom. The summed E-state index contributed by atoms with van der Waals surface area (Å²) in [5.74, 6) is 0. The summed E-state index contributed by atoms with van der Waals surface area (Å²) in [6.07, 6.45) is 0. The van der Waals surface area contributed by atoms with E-state index in [2.05, 4.69) is 322 Å². The predicted molar refractivity (Wildman–Crippen MR) is 361 cm³/mol. The number of hydrogen-bond donors (Lipinski definition) is 0. The molecule has 4 heteroatoms. The SMILES string of the molecule is Cc1cc(C)cc(-c2cc3c4c(c2)N(c2ccc(C(C)(C)C)cc2)c2c(cc5c(c2N(c2ccc(C(C)(C)C)cc2)c2ccc(C(C)(C)C)cc2)-c2ccccc2C5(C)C)B4c2cc(C(C)(C)C)ccc2N3c2ccc(C(C)(C)C)cc2)c1. The van der Waals surface area contributed by atoms with Crippen molar-refractivity contribution in [1.82, 2.24) is 0 Å². The zero-order valence-electron chi connectivity index (χ0n) is 53.2. The van der Waals surface area contributed by atoms with Crippen molar-refractivity contribution < 1.29 is 0 Å². The van der Waals surface area contributed by atoms with Crippen LogP contribution in [0, 0.1) is 13.8 Å². The highest BCUT2D eigenvalue weighted by Crippen LogP contribution is 2.60. The minimum absolute atomic E-state index is 0.00243. The summed E-state index contributed by atoms with van der Waals surface area (Å²) in [5.41, 5.74) is 30.7. The van der Waals surface area contributed by atoms with E-state index in [1.54, 1.807) is 0 Å². The maximum absolute atomic E-state index is 2.70. The second kappa shape index (κ2) is 19.2. The van der Waals surface area contributed by atoms with Crippen LogP contribution in [0.2, 0.25) is 0 Å². The zero-order valence-corrected chi connectivity index (χ0v) is 53.2. The van der Waals surface area contributed by atoms with Crippen molar-refractivity contribution >= 4 is 74.3 Å². The van der Waals surface area contributed by atoms with Crippen LogP contribution in [0.25, 0.3) is 22.3 Å². The monoisotopic (exact) mass is 1090 g/mol. The van der Waals surface area contributed by atoms with Gasteiger partial charge in [-0.2, -0.15) is 0 Å². The molecule has 0 saturated carbocycles. The molecule has 9 aromatic rings. The van der Waals surface area contributed by atoms with Gasteiger partial charge in [-0.3, -0.25) is 0 Å². The van der Waals surface area contributed by atoms with Crippen molar-refractivity contribution in [1.29, 1.82) is 0 Å². The van der Waals surface area contributed by atoms with Crippen LogP contribution in [-0.4, -0.2) is 6.71 Å². The Labute approximate surface area is 498 Å². The maximum Gasteiger partial charge on any atom is 0.252 e. The Hall–Kier alpha value is -7.56. The van der Waals surface area contributed by atoms with Gasteiger partial charge in [0, 0.05) is 50.8 Å². The molecule has 0 amide bonds. The van der Waals surface area contributed by atoms with Crippen molar-refractivity contribution in [3.8, 4) is 22.3 Å². The Balaban J connectivity index is 1.30. The van der Waals surface area contributed by atoms with Crippen LogP contribution in [0.5, 0.6) is 0 Å². The van der Waals surface area contributed by atoms with Crippen molar-refractivity contribution in [2.75, 3.05) is 14.7 Å². The van der Waals surface area contributed by atoms with E-state index >= 15 is 0 Å². The molecule has 0 radical (unpaired) electrons. The first kappa shape index (κ1) is 56.0. The van der Waals surface area contributed by atoms with E-state index in [-0.39, 0.29) is 39.2 Å². The van der Waals surface area contributed by atoms with Gasteiger partial charge >= 0.3 is 0 Å². The molecule has 3 nitrogen and oxygen atoms in total. The summed E-state index contributed by atoms with van der Waals surface area (Å²) >= 11 is 0. The first-order valence-corrected chi connectivity index (χ1v) is 30.4. The van der Waals surface area contributed by atoms with Crippen LogP contribution in [0.15, 0.2) is 176 Å². The lowest BCUT2D eigenvalue weighted by Gasteiger charge is -2.47. The maximum atomic E-state index is 2.70. The highest BCUT2D eigenvalue weighted by atomic mass is 15.2. The molecular weight excluding hydrogens is 1000 g/mol. The third-order valence-corrected chi connectivity index (χ3v) is 18.5. The second-order valence-electron chi connectivity index (χ2n) is 30.2. The molecule has 9 aromatic carbocycles. The molecule has 0 atom stereocenters. The van der Waals surface area contributed by atoms with Crippen molar-refractivity contribution in [3.63, 3.8) is 0 Å². The molecule has 12 rings (SSSR count). The topological polar surface area (TPSA) is 9.72 Å². The minimum Gasteiger partial charge on any atom is -0.311 e. The highest BCUT2D eigenvalue weighted by molar-refractivity contribution is 7.00. The summed E-state index contributed by atoms with van der Waals surface area (Å²) < 4.78 is 0. The zero-order chi connectivity index (χ0) is 59.2. The Morgan fingerprint density at radius 1 is 0.386 bits per heavy atom. The summed E-state index contributed by atoms with van der Waals surface area (Å²) in [5, 5.41) is 0. The van der Waals surface area contributed by atoms with Gasteiger partial charge in [0.05, 0.1) is 11.4 Å². The number of rotatable bonds is 6. The summed E-state index contributed by atoms with van der Waals surface area (Å²) in [6.45, 7) is 44.2. The van der Waals surface area contributed by atoms with Gasteiger partial charge in [-0.25, -0.2) is 0 Å². The lowest BCUT2D eigenvalue weighted by Crippen LogP contribution is -2.62. The predicted octanol–water partition coefficient (Wildman–Crippen LogP) is 20.3. The number of anilines is 9. The first-order chi connectivity index (χ1) is 38.9. The van der Waals surface area contributed by atoms with Crippen LogP contribution < -0.4 is 31.1 Å². The molecule has 0 aromatic heterocycles. The van der Waals surface area contributed by atoms with E-state index < -0.39 is 0 Å². The van der Waals surface area contributed by atoms with Gasteiger partial charge in [0.2, 0.25) is 0 Å². The molecule has 83 heavy (non-hydrogen) atoms. The molecule has 0 spiro atoms. The smallest absolute Gasteiger partial charge is 0.252 e. The normalized spacial score (nSPS) is 14.5. The molecule has 0 N–H and O–H groups in total. The summed E-state index contributed by atoms with van der Waals surface area (Å²) in [7, 11) is 0. The fourth-order valence-electron chi connectivity index (χ4n) is 13.7. The first-order valence-electron chi connectivity index (χ1n) is 30.4. The van der Waals surface area contributed by atoms with Gasteiger partial charge in [-0.1, -0.05) is 238 Å². The molecule has 0 unspecified atom stereocenters. The standard InChI is InChI=1S/C79H86BN3/c1-49-42-50(2)44-51(43-49)52-45-68-71-69(46-52)83(61-39-30-56(31-40-61)77(12,13)14)72-66(80(71)65-47-57(78(15,16)17)32-41-67(65)82(68)60-37-28-55(29-38-60)76(9,10)11)48-64-70(62-22-20-21-23-63(62)79(64,18)19)73(72)81(58-33-24-53(25-34-58)74(3,4)5)59-35-26-54(27-36-59)75(6,7)8/h20-48H,1-19H3. The Bertz CT molecular complexity index is 3930. The van der Waals surface area contributed by atoms with Crippen molar-refractivity contribution in [2.24, 2.45) is 0 Å². The Morgan fingerprint density at radius 3 is 1.29 bits per heavy atom. The summed E-state index contributed by atoms with van der Waals surface area (Å²) in [4.78, 5) is 7.95. The third-order valence-electron chi connectivity index (χ3n) is 18.5. The second-order valence-corrected chi connectivity index (χ2v) is 30.2. The van der Waals surface area contributed by atoms with Gasteiger partial charge in [-0.05, 0) is 180 Å². The van der Waals surface area contributed by atoms with Crippen molar-refractivity contribution in [3.05, 3.63) is 226 Å². The van der Waals surface area contributed by atoms with Gasteiger partial charge in [0.15, 0.2) is 0 Å². The molecule has 0 saturated heterocycles. The quantitative estimate of drug-likeness (QED) is 0.154. The average molecular weight is 1090 g/mol. The number of hydrogen-bond acceptors (Lipinski definition) is 3. The summed E-state index contributed by atoms with van der Waals surface area (Å²) in [6, 6.07) is 69.6. The van der Waals surface area contributed by atoms with Gasteiger partial charge < -0.3 is 14.7 Å². The molecule has 420 valence electrons. The van der Waals surface area contributed by atoms with Gasteiger partial charge in [0.1, 0.15) is 0 Å². The largest absolute Gasteiger partial charge is 0.311 e. The van der Waals surface area contributed by atoms with E-state index in [1.807, 2.05) is 0 Å². The van der Waals surface area contributed by atoms with E-state index in [0.29, 0.717) is 0 Å². The highest BCUT2D eigenvalue weighted by Gasteiger charge is 2.49. The van der Waals surface area contributed by atoms with Gasteiger partial charge in [-0.15, -0.1) is 0 Å². The van der Waals surface area contributed by atoms with Crippen LogP contribution in [-0.2, 0) is 32.5 Å². The minimum atomic E-state index is -0.325. The van der Waals surface area contributed by atoms with E-state index in [0.717, 1.165) is 22.7 Å². The molecule has 3 aliphatic rings. The third kappa shape index (κ3) is 9.53. The van der Waals surface area contributed by atoms with E-state index in [1.165, 1.54) is 117 Å². The fraction of sp³-hybridized carbons (Fsp3) is 0.316. The number of aryl methyl sites for hydroxylation is 2. The molecular formula is C79H86BN3. The lowest BCUT2D eigenvalue weighted by atomic mass is 9.33. The van der Waals surface area contributed by atoms with E-state index in [9.17, 15) is 0 Å². The van der Waals surface area contributed by atoms with E-state index in [4.69, 9.17) is 0 Å². The van der Waals surface area contributed by atoms with Crippen LogP contribution in [0.3, 0.4) is 0 Å². The Kier molecular flexibility index (Phi) is 13.0. The number of benzene rings is 9. The molecule has 2 aliphatic heterocycles. The number of nitrogens with zero attached hydrogens (tertiary/aromatic N) is 3. The van der Waals surface area contributed by atoms with Gasteiger partial charge in [0.25, 0.3) is 6.71 Å².